The lowest BCUT2D eigenvalue weighted by molar-refractivity contribution is 0.0207. The molecule has 0 radical (unpaired) electrons. The topological polar surface area (TPSA) is 33.6 Å². The van der Waals surface area contributed by atoms with E-state index in [9.17, 15) is 8.78 Å². The first-order valence-corrected chi connectivity index (χ1v) is 7.04. The van der Waals surface area contributed by atoms with Gasteiger partial charge < -0.3 is 10.1 Å². The van der Waals surface area contributed by atoms with Crippen LogP contribution in [0, 0.1) is 5.92 Å². The third-order valence-corrected chi connectivity index (χ3v) is 4.25. The Morgan fingerprint density at radius 3 is 3.18 bits per heavy atom. The Morgan fingerprint density at radius 2 is 2.35 bits per heavy atom. The Hall–Kier alpha value is -0.360. The first-order valence-electron chi connectivity index (χ1n) is 6.05. The van der Waals surface area contributed by atoms with Crippen molar-refractivity contribution >= 4 is 16.9 Å². The van der Waals surface area contributed by atoms with Gasteiger partial charge in [-0.15, -0.1) is 0 Å². The van der Waals surface area contributed by atoms with Crippen LogP contribution in [0.4, 0.5) is 8.78 Å². The van der Waals surface area contributed by atoms with Crippen LogP contribution >= 0.6 is 11.8 Å². The number of hydrogen-bond donors (Lipinski definition) is 1. The van der Waals surface area contributed by atoms with E-state index in [4.69, 9.17) is 4.74 Å². The number of aliphatic imine (C=N–C) groups is 1. The molecule has 1 saturated carbocycles. The highest BCUT2D eigenvalue weighted by molar-refractivity contribution is 8.13. The molecule has 0 aromatic carbocycles. The minimum atomic E-state index is -2.39. The monoisotopic (exact) mass is 264 g/mol. The first kappa shape index (κ1) is 13.1. The second kappa shape index (κ2) is 6.54. The highest BCUT2D eigenvalue weighted by Crippen LogP contribution is 2.32. The van der Waals surface area contributed by atoms with Gasteiger partial charge in [-0.3, -0.25) is 4.99 Å². The number of halogens is 2. The number of fused-ring (bicyclic) bond motifs is 1. The van der Waals surface area contributed by atoms with Crippen molar-refractivity contribution in [2.75, 3.05) is 25.5 Å². The largest absolute Gasteiger partial charge is 0.374 e. The van der Waals surface area contributed by atoms with E-state index in [1.54, 1.807) is 11.8 Å². The molecular weight excluding hydrogens is 246 g/mol. The zero-order valence-electron chi connectivity index (χ0n) is 9.70. The van der Waals surface area contributed by atoms with E-state index in [2.05, 4.69) is 10.3 Å². The zero-order valence-corrected chi connectivity index (χ0v) is 10.5. The van der Waals surface area contributed by atoms with Gasteiger partial charge in [0.15, 0.2) is 5.17 Å². The van der Waals surface area contributed by atoms with E-state index in [0.717, 1.165) is 16.8 Å². The van der Waals surface area contributed by atoms with E-state index in [0.29, 0.717) is 12.6 Å². The molecule has 3 nitrogen and oxygen atoms in total. The van der Waals surface area contributed by atoms with Gasteiger partial charge in [0.2, 0.25) is 0 Å². The fourth-order valence-corrected chi connectivity index (χ4v) is 3.48. The molecule has 2 aliphatic rings. The van der Waals surface area contributed by atoms with Crippen molar-refractivity contribution in [2.45, 2.75) is 31.7 Å². The normalized spacial score (nSPS) is 30.6. The van der Waals surface area contributed by atoms with Gasteiger partial charge in [-0.05, 0) is 18.8 Å². The standard InChI is InChI=1S/C11H18F2N2OS/c12-10(13)6-16-5-4-14-11-15-9-3-1-2-8(9)7-17-11/h8-10H,1-7H2,(H,14,15). The number of alkyl halides is 2. The predicted octanol–water partition coefficient (Wildman–Crippen LogP) is 2.13. The summed E-state index contributed by atoms with van der Waals surface area (Å²) in [6.07, 6.45) is 1.46. The maximum absolute atomic E-state index is 11.8. The van der Waals surface area contributed by atoms with Gasteiger partial charge in [-0.2, -0.15) is 0 Å². The quantitative estimate of drug-likeness (QED) is 0.772. The van der Waals surface area contributed by atoms with Crippen molar-refractivity contribution in [2.24, 2.45) is 10.9 Å². The van der Waals surface area contributed by atoms with Crippen LogP contribution in [-0.2, 0) is 4.74 Å². The molecule has 2 fully saturated rings. The van der Waals surface area contributed by atoms with Crippen LogP contribution in [0.3, 0.4) is 0 Å². The first-order chi connectivity index (χ1) is 8.25. The highest BCUT2D eigenvalue weighted by Gasteiger charge is 2.31. The minimum Gasteiger partial charge on any atom is -0.374 e. The highest BCUT2D eigenvalue weighted by atomic mass is 32.2. The lowest BCUT2D eigenvalue weighted by Gasteiger charge is -2.28. The van der Waals surface area contributed by atoms with Gasteiger partial charge in [-0.25, -0.2) is 8.78 Å². The van der Waals surface area contributed by atoms with Crippen LogP contribution in [0.1, 0.15) is 19.3 Å². The fourth-order valence-electron chi connectivity index (χ4n) is 2.29. The lowest BCUT2D eigenvalue weighted by Crippen LogP contribution is -2.41. The summed E-state index contributed by atoms with van der Waals surface area (Å²) >= 11 is 1.74. The van der Waals surface area contributed by atoms with Gasteiger partial charge in [0, 0.05) is 11.8 Å². The van der Waals surface area contributed by atoms with Gasteiger partial charge in [-0.1, -0.05) is 18.2 Å². The number of ether oxygens (including phenoxy) is 1. The summed E-state index contributed by atoms with van der Waals surface area (Å²) in [4.78, 5) is 4.34. The van der Waals surface area contributed by atoms with Gasteiger partial charge >= 0.3 is 0 Å². The molecule has 2 atom stereocenters. The minimum absolute atomic E-state index is 0.268. The van der Waals surface area contributed by atoms with Crippen LogP contribution in [0.2, 0.25) is 0 Å². The summed E-state index contributed by atoms with van der Waals surface area (Å²) in [5.74, 6) is 1.92. The van der Waals surface area contributed by atoms with Crippen molar-refractivity contribution in [3.05, 3.63) is 0 Å². The van der Waals surface area contributed by atoms with Crippen molar-refractivity contribution in [3.63, 3.8) is 0 Å². The molecular formula is C11H18F2N2OS. The number of amidine groups is 1. The molecule has 1 N–H and O–H groups in total. The average Bonchev–Trinajstić information content (AvgIpc) is 2.75. The second-order valence-electron chi connectivity index (χ2n) is 4.41. The molecule has 0 amide bonds. The molecule has 1 saturated heterocycles. The zero-order chi connectivity index (χ0) is 12.1. The molecule has 0 bridgehead atoms. The fraction of sp³-hybridized carbons (Fsp3) is 0.909. The van der Waals surface area contributed by atoms with Crippen LogP contribution in [0.15, 0.2) is 4.99 Å². The summed E-state index contributed by atoms with van der Waals surface area (Å²) in [6.45, 7) is 0.236. The van der Waals surface area contributed by atoms with E-state index in [1.807, 2.05) is 0 Å². The maximum atomic E-state index is 11.8. The Kier molecular flexibility index (Phi) is 5.03. The summed E-state index contributed by atoms with van der Waals surface area (Å²) < 4.78 is 28.4. The third kappa shape index (κ3) is 4.10. The Labute approximate surface area is 104 Å². The van der Waals surface area contributed by atoms with Gasteiger partial charge in [0.1, 0.15) is 6.61 Å². The number of nitrogens with zero attached hydrogens (tertiary/aromatic N) is 1. The van der Waals surface area contributed by atoms with E-state index in [1.165, 1.54) is 19.3 Å². The summed E-state index contributed by atoms with van der Waals surface area (Å²) in [7, 11) is 0. The number of hydrogen-bond acceptors (Lipinski definition) is 3. The smallest absolute Gasteiger partial charge is 0.261 e. The van der Waals surface area contributed by atoms with Crippen LogP contribution in [-0.4, -0.2) is 43.1 Å². The molecule has 98 valence electrons. The van der Waals surface area contributed by atoms with E-state index in [-0.39, 0.29) is 6.61 Å². The molecule has 17 heavy (non-hydrogen) atoms. The Bertz CT molecular complexity index is 276. The lowest BCUT2D eigenvalue weighted by atomic mass is 10.1. The molecule has 2 rings (SSSR count). The summed E-state index contributed by atoms with van der Waals surface area (Å²) in [5, 5.41) is 4.38. The van der Waals surface area contributed by atoms with Crippen molar-refractivity contribution in [1.29, 1.82) is 0 Å². The Morgan fingerprint density at radius 1 is 1.47 bits per heavy atom. The van der Waals surface area contributed by atoms with Crippen LogP contribution in [0.5, 0.6) is 0 Å². The van der Waals surface area contributed by atoms with E-state index < -0.39 is 13.0 Å². The average molecular weight is 264 g/mol. The molecule has 0 spiro atoms. The van der Waals surface area contributed by atoms with Crippen LogP contribution < -0.4 is 5.32 Å². The van der Waals surface area contributed by atoms with Gasteiger partial charge in [0.25, 0.3) is 6.43 Å². The van der Waals surface area contributed by atoms with Crippen molar-refractivity contribution in [1.82, 2.24) is 5.32 Å². The molecule has 0 aromatic heterocycles. The van der Waals surface area contributed by atoms with Crippen LogP contribution in [0.25, 0.3) is 0 Å². The number of thioether (sulfide) groups is 1. The summed E-state index contributed by atoms with van der Waals surface area (Å²) in [6, 6.07) is 0.581. The summed E-state index contributed by atoms with van der Waals surface area (Å²) in [5.41, 5.74) is 0. The number of nitrogens with one attached hydrogen (secondary N) is 1. The molecule has 6 heteroatoms. The van der Waals surface area contributed by atoms with Crippen molar-refractivity contribution < 1.29 is 13.5 Å². The Balaban J connectivity index is 1.64. The van der Waals surface area contributed by atoms with E-state index >= 15 is 0 Å². The van der Waals surface area contributed by atoms with Gasteiger partial charge in [0.05, 0.1) is 13.2 Å². The SMILES string of the molecule is FC(F)COCCN=C1NC2CCCC2CS1. The van der Waals surface area contributed by atoms with Crippen molar-refractivity contribution in [3.8, 4) is 0 Å². The number of rotatable bonds is 5. The molecule has 2 unspecified atom stereocenters. The molecule has 1 heterocycles. The molecule has 1 aliphatic carbocycles. The predicted molar refractivity (Wildman–Crippen MR) is 65.8 cm³/mol. The molecule has 0 aromatic rings. The molecule has 1 aliphatic heterocycles. The third-order valence-electron chi connectivity index (χ3n) is 3.14. The second-order valence-corrected chi connectivity index (χ2v) is 5.41. The maximum Gasteiger partial charge on any atom is 0.261 e.